The van der Waals surface area contributed by atoms with Gasteiger partial charge in [0.15, 0.2) is 0 Å². The van der Waals surface area contributed by atoms with Crippen molar-refractivity contribution in [1.29, 1.82) is 0 Å². The van der Waals surface area contributed by atoms with E-state index >= 15 is 0 Å². The lowest BCUT2D eigenvalue weighted by atomic mass is 10.0. The van der Waals surface area contributed by atoms with Crippen molar-refractivity contribution in [2.45, 2.75) is 19.8 Å². The van der Waals surface area contributed by atoms with Crippen LogP contribution in [0.25, 0.3) is 5.57 Å². The van der Waals surface area contributed by atoms with E-state index in [0.717, 1.165) is 10.6 Å². The molecule has 2 aromatic carbocycles. The van der Waals surface area contributed by atoms with Crippen molar-refractivity contribution >= 4 is 40.1 Å². The zero-order valence-corrected chi connectivity index (χ0v) is 17.8. The number of rotatable bonds is 6. The maximum atomic E-state index is 13.4. The summed E-state index contributed by atoms with van der Waals surface area (Å²) in [6.45, 7) is 4.26. The van der Waals surface area contributed by atoms with Gasteiger partial charge in [-0.1, -0.05) is 44.2 Å². The third-order valence-electron chi connectivity index (χ3n) is 5.02. The Morgan fingerprint density at radius 1 is 0.933 bits per heavy atom. The third-order valence-corrected chi connectivity index (χ3v) is 5.91. The Balaban J connectivity index is 1.77. The summed E-state index contributed by atoms with van der Waals surface area (Å²) >= 11 is 1.42. The van der Waals surface area contributed by atoms with Crippen molar-refractivity contribution in [1.82, 2.24) is 0 Å². The molecule has 5 nitrogen and oxygen atoms in total. The first-order valence-electron chi connectivity index (χ1n) is 9.68. The summed E-state index contributed by atoms with van der Waals surface area (Å²) in [7, 11) is 1.52. The van der Waals surface area contributed by atoms with E-state index in [2.05, 4.69) is 19.2 Å². The summed E-state index contributed by atoms with van der Waals surface area (Å²) in [5.41, 5.74) is 3.03. The molecule has 0 aliphatic carbocycles. The summed E-state index contributed by atoms with van der Waals surface area (Å²) in [4.78, 5) is 28.7. The Labute approximate surface area is 179 Å². The molecule has 0 saturated heterocycles. The molecule has 1 aromatic heterocycles. The summed E-state index contributed by atoms with van der Waals surface area (Å²) < 4.78 is 5.39. The molecule has 0 radical (unpaired) electrons. The second kappa shape index (κ2) is 8.16. The maximum Gasteiger partial charge on any atom is 0.282 e. The molecule has 4 rings (SSSR count). The molecule has 1 N–H and O–H groups in total. The fraction of sp³-hybridized carbons (Fsp3) is 0.167. The zero-order chi connectivity index (χ0) is 21.3. The lowest BCUT2D eigenvalue weighted by Crippen LogP contribution is -2.32. The standard InChI is InChI=1S/C24H22N2O3S/c1-15(2)16-10-12-17(13-11-16)25-22-21(20-9-6-14-30-20)23(27)26(24(22)28)18-7-4-5-8-19(18)29-3/h4-15,25H,1-3H3. The molecule has 6 heteroatoms. The van der Waals surface area contributed by atoms with Crippen molar-refractivity contribution in [3.63, 3.8) is 0 Å². The number of thiophene rings is 1. The minimum Gasteiger partial charge on any atom is -0.495 e. The Morgan fingerprint density at radius 2 is 1.67 bits per heavy atom. The average Bonchev–Trinajstić information content (AvgIpc) is 3.35. The van der Waals surface area contributed by atoms with Gasteiger partial charge in [0.25, 0.3) is 11.8 Å². The van der Waals surface area contributed by atoms with Crippen molar-refractivity contribution in [2.75, 3.05) is 17.3 Å². The number of carbonyl (C=O) groups excluding carboxylic acids is 2. The van der Waals surface area contributed by atoms with Gasteiger partial charge in [-0.3, -0.25) is 9.59 Å². The normalized spacial score (nSPS) is 14.1. The van der Waals surface area contributed by atoms with E-state index in [1.54, 1.807) is 24.3 Å². The Hall–Kier alpha value is -3.38. The van der Waals surface area contributed by atoms with Gasteiger partial charge in [0.1, 0.15) is 11.4 Å². The number of carbonyl (C=O) groups is 2. The van der Waals surface area contributed by atoms with Crippen molar-refractivity contribution < 1.29 is 14.3 Å². The molecular formula is C24H22N2O3S. The monoisotopic (exact) mass is 418 g/mol. The summed E-state index contributed by atoms with van der Waals surface area (Å²) in [6, 6.07) is 18.6. The minimum absolute atomic E-state index is 0.269. The number of imide groups is 1. The predicted octanol–water partition coefficient (Wildman–Crippen LogP) is 5.28. The number of amides is 2. The SMILES string of the molecule is COc1ccccc1N1C(=O)C(Nc2ccc(C(C)C)cc2)=C(c2cccs2)C1=O. The van der Waals surface area contributed by atoms with E-state index in [9.17, 15) is 9.59 Å². The van der Waals surface area contributed by atoms with Crippen molar-refractivity contribution in [3.8, 4) is 5.75 Å². The Kier molecular flexibility index (Phi) is 5.42. The van der Waals surface area contributed by atoms with Gasteiger partial charge in [-0.25, -0.2) is 4.90 Å². The number of anilines is 2. The zero-order valence-electron chi connectivity index (χ0n) is 17.0. The van der Waals surface area contributed by atoms with Gasteiger partial charge in [0.2, 0.25) is 0 Å². The van der Waals surface area contributed by atoms with Gasteiger partial charge in [0, 0.05) is 10.6 Å². The fourth-order valence-corrected chi connectivity index (χ4v) is 4.19. The number of hydrogen-bond acceptors (Lipinski definition) is 5. The molecule has 30 heavy (non-hydrogen) atoms. The van der Waals surface area contributed by atoms with Gasteiger partial charge in [0.05, 0.1) is 18.4 Å². The second-order valence-corrected chi connectivity index (χ2v) is 8.19. The molecule has 0 unspecified atom stereocenters. The molecule has 152 valence electrons. The highest BCUT2D eigenvalue weighted by Gasteiger charge is 2.41. The van der Waals surface area contributed by atoms with E-state index in [1.807, 2.05) is 41.8 Å². The number of methoxy groups -OCH3 is 1. The van der Waals surface area contributed by atoms with E-state index < -0.39 is 5.91 Å². The summed E-state index contributed by atoms with van der Waals surface area (Å²) in [5, 5.41) is 5.09. The van der Waals surface area contributed by atoms with Gasteiger partial charge in [-0.2, -0.15) is 0 Å². The molecule has 1 aliphatic rings. The largest absolute Gasteiger partial charge is 0.495 e. The van der Waals surface area contributed by atoms with E-state index in [-0.39, 0.29) is 11.6 Å². The minimum atomic E-state index is -0.402. The molecule has 1 aliphatic heterocycles. The lowest BCUT2D eigenvalue weighted by Gasteiger charge is -2.18. The van der Waals surface area contributed by atoms with Crippen LogP contribution >= 0.6 is 11.3 Å². The van der Waals surface area contributed by atoms with Crippen LogP contribution in [-0.4, -0.2) is 18.9 Å². The molecule has 0 bridgehead atoms. The average molecular weight is 419 g/mol. The number of ether oxygens (including phenoxy) is 1. The lowest BCUT2D eigenvalue weighted by molar-refractivity contribution is -0.120. The van der Waals surface area contributed by atoms with Crippen LogP contribution in [0.2, 0.25) is 0 Å². The molecule has 0 spiro atoms. The summed E-state index contributed by atoms with van der Waals surface area (Å²) in [6.07, 6.45) is 0. The van der Waals surface area contributed by atoms with Crippen LogP contribution in [0.5, 0.6) is 5.75 Å². The van der Waals surface area contributed by atoms with Gasteiger partial charge in [-0.15, -0.1) is 11.3 Å². The van der Waals surface area contributed by atoms with Crippen LogP contribution < -0.4 is 15.0 Å². The Bertz CT molecular complexity index is 1120. The topological polar surface area (TPSA) is 58.6 Å². The first kappa shape index (κ1) is 19.9. The maximum absolute atomic E-state index is 13.4. The second-order valence-electron chi connectivity index (χ2n) is 7.25. The van der Waals surface area contributed by atoms with Gasteiger partial charge >= 0.3 is 0 Å². The molecular weight excluding hydrogens is 396 g/mol. The number of nitrogens with zero attached hydrogens (tertiary/aromatic N) is 1. The highest BCUT2D eigenvalue weighted by atomic mass is 32.1. The van der Waals surface area contributed by atoms with Crippen molar-refractivity contribution in [2.24, 2.45) is 0 Å². The molecule has 0 atom stereocenters. The molecule has 0 fully saturated rings. The van der Waals surface area contributed by atoms with Crippen molar-refractivity contribution in [3.05, 3.63) is 82.2 Å². The highest BCUT2D eigenvalue weighted by Crippen LogP contribution is 2.38. The van der Waals surface area contributed by atoms with Crippen LogP contribution in [0.15, 0.2) is 71.7 Å². The van der Waals surface area contributed by atoms with Crippen LogP contribution in [-0.2, 0) is 9.59 Å². The van der Waals surface area contributed by atoms with Gasteiger partial charge in [-0.05, 0) is 47.2 Å². The predicted molar refractivity (Wildman–Crippen MR) is 121 cm³/mol. The first-order valence-corrected chi connectivity index (χ1v) is 10.6. The molecule has 2 heterocycles. The highest BCUT2D eigenvalue weighted by molar-refractivity contribution is 7.11. The van der Waals surface area contributed by atoms with E-state index in [0.29, 0.717) is 22.9 Å². The molecule has 3 aromatic rings. The number of para-hydroxylation sites is 2. The van der Waals surface area contributed by atoms with Crippen LogP contribution in [0, 0.1) is 0 Å². The number of benzene rings is 2. The number of nitrogens with one attached hydrogen (secondary N) is 1. The number of hydrogen-bond donors (Lipinski definition) is 1. The first-order chi connectivity index (χ1) is 14.5. The Morgan fingerprint density at radius 3 is 2.30 bits per heavy atom. The smallest absolute Gasteiger partial charge is 0.282 e. The van der Waals surface area contributed by atoms with E-state index in [4.69, 9.17) is 4.74 Å². The summed E-state index contributed by atoms with van der Waals surface area (Å²) in [5.74, 6) is 0.108. The third kappa shape index (κ3) is 3.50. The van der Waals surface area contributed by atoms with Crippen LogP contribution in [0.3, 0.4) is 0 Å². The van der Waals surface area contributed by atoms with E-state index in [1.165, 1.54) is 28.9 Å². The fourth-order valence-electron chi connectivity index (χ4n) is 3.42. The molecule has 0 saturated carbocycles. The quantitative estimate of drug-likeness (QED) is 0.554. The van der Waals surface area contributed by atoms with Crippen LogP contribution in [0.4, 0.5) is 11.4 Å². The molecule has 2 amide bonds. The van der Waals surface area contributed by atoms with Crippen LogP contribution in [0.1, 0.15) is 30.2 Å². The van der Waals surface area contributed by atoms with Gasteiger partial charge < -0.3 is 10.1 Å².